The number of unbranched alkanes of at least 4 members (excludes halogenated alkanes) is 53. The molecule has 1 amide bonds. The Balaban J connectivity index is 3.38. The molecule has 0 radical (unpaired) electrons. The first-order valence-electron chi connectivity index (χ1n) is 36.1. The second-order valence-corrected chi connectivity index (χ2v) is 24.9. The fourth-order valence-electron chi connectivity index (χ4n) is 11.5. The van der Waals surface area contributed by atoms with E-state index in [0.29, 0.717) is 25.9 Å². The van der Waals surface area contributed by atoms with Crippen LogP contribution in [0.15, 0.2) is 24.3 Å². The maximum absolute atomic E-state index is 12.6. The van der Waals surface area contributed by atoms with Crippen LogP contribution in [0, 0.1) is 0 Å². The minimum absolute atomic E-state index is 0.00663. The molecule has 0 bridgehead atoms. The number of esters is 1. The van der Waals surface area contributed by atoms with Gasteiger partial charge in [-0.05, 0) is 57.8 Å². The zero-order valence-electron chi connectivity index (χ0n) is 53.6. The summed E-state index contributed by atoms with van der Waals surface area (Å²) in [6, 6.07) is -0.543. The molecule has 0 fully saturated rings. The van der Waals surface area contributed by atoms with Gasteiger partial charge in [0, 0.05) is 12.8 Å². The molecule has 0 aliphatic rings. The van der Waals surface area contributed by atoms with Gasteiger partial charge in [-0.3, -0.25) is 9.59 Å². The van der Waals surface area contributed by atoms with Crippen LogP contribution in [-0.4, -0.2) is 47.4 Å². The molecule has 6 heteroatoms. The van der Waals surface area contributed by atoms with Gasteiger partial charge in [-0.1, -0.05) is 359 Å². The third-order valence-corrected chi connectivity index (χ3v) is 17.0. The van der Waals surface area contributed by atoms with Crippen LogP contribution in [0.1, 0.15) is 406 Å². The highest BCUT2D eigenvalue weighted by Crippen LogP contribution is 2.19. The fourth-order valence-corrected chi connectivity index (χ4v) is 11.5. The standard InChI is InChI=1S/C73H141NO5/c1-3-5-7-9-11-13-15-17-19-21-22-23-24-27-30-34-37-41-45-49-53-57-61-65-71(76)70(69-75)74-72(77)66-62-58-54-50-46-42-38-35-31-28-25-26-29-32-36-40-44-48-52-56-60-64-68-79-73(78)67-63-59-55-51-47-43-39-33-20-18-16-14-12-10-8-6-4-2/h12,14,18,20,70-71,75-76H,3-11,13,15-17,19,21-69H2,1-2H3,(H,74,77)/b14-12-,20-18-. The number of aliphatic hydroxyl groups excluding tert-OH is 2. The lowest BCUT2D eigenvalue weighted by Gasteiger charge is -2.22. The zero-order valence-corrected chi connectivity index (χ0v) is 53.6. The van der Waals surface area contributed by atoms with Crippen LogP contribution in [0.4, 0.5) is 0 Å². The number of amides is 1. The van der Waals surface area contributed by atoms with Crippen molar-refractivity contribution in [1.82, 2.24) is 5.32 Å². The van der Waals surface area contributed by atoms with E-state index in [1.807, 2.05) is 0 Å². The van der Waals surface area contributed by atoms with Crippen LogP contribution in [0.3, 0.4) is 0 Å². The van der Waals surface area contributed by atoms with E-state index < -0.39 is 12.1 Å². The van der Waals surface area contributed by atoms with Crippen LogP contribution in [0.5, 0.6) is 0 Å². The Labute approximate surface area is 494 Å². The van der Waals surface area contributed by atoms with Crippen molar-refractivity contribution in [2.24, 2.45) is 0 Å². The molecule has 0 aromatic carbocycles. The number of rotatable bonds is 68. The summed E-state index contributed by atoms with van der Waals surface area (Å²) in [5.41, 5.74) is 0. The van der Waals surface area contributed by atoms with Gasteiger partial charge in [0.25, 0.3) is 0 Å². The van der Waals surface area contributed by atoms with E-state index in [1.54, 1.807) is 0 Å². The number of ether oxygens (including phenoxy) is 1. The van der Waals surface area contributed by atoms with Crippen LogP contribution < -0.4 is 5.32 Å². The Kier molecular flexibility index (Phi) is 67.4. The topological polar surface area (TPSA) is 95.9 Å². The van der Waals surface area contributed by atoms with Crippen molar-refractivity contribution in [1.29, 1.82) is 0 Å². The van der Waals surface area contributed by atoms with Crippen LogP contribution >= 0.6 is 0 Å². The predicted molar refractivity (Wildman–Crippen MR) is 347 cm³/mol. The van der Waals surface area contributed by atoms with E-state index in [4.69, 9.17) is 4.74 Å². The highest BCUT2D eigenvalue weighted by atomic mass is 16.5. The summed E-state index contributed by atoms with van der Waals surface area (Å²) in [5.74, 6) is -0.0237. The van der Waals surface area contributed by atoms with Crippen LogP contribution in [0.2, 0.25) is 0 Å². The van der Waals surface area contributed by atoms with Crippen molar-refractivity contribution in [3.05, 3.63) is 24.3 Å². The molecule has 0 rings (SSSR count). The molecule has 0 saturated heterocycles. The number of allylic oxidation sites excluding steroid dienone is 4. The smallest absolute Gasteiger partial charge is 0.305 e. The molecular formula is C73H141NO5. The Morgan fingerprint density at radius 3 is 0.987 bits per heavy atom. The summed E-state index contributed by atoms with van der Waals surface area (Å²) in [5, 5.41) is 23.4. The normalized spacial score (nSPS) is 12.6. The van der Waals surface area contributed by atoms with Gasteiger partial charge in [-0.25, -0.2) is 0 Å². The van der Waals surface area contributed by atoms with Crippen LogP contribution in [0.25, 0.3) is 0 Å². The Morgan fingerprint density at radius 1 is 0.354 bits per heavy atom. The molecule has 0 aromatic heterocycles. The van der Waals surface area contributed by atoms with Crippen molar-refractivity contribution < 1.29 is 24.5 Å². The van der Waals surface area contributed by atoms with E-state index in [2.05, 4.69) is 43.5 Å². The van der Waals surface area contributed by atoms with Gasteiger partial charge in [0.05, 0.1) is 25.4 Å². The number of hydrogen-bond donors (Lipinski definition) is 3. The van der Waals surface area contributed by atoms with E-state index in [0.717, 1.165) is 51.4 Å². The lowest BCUT2D eigenvalue weighted by molar-refractivity contribution is -0.143. The van der Waals surface area contributed by atoms with Crippen molar-refractivity contribution in [2.75, 3.05) is 13.2 Å². The number of hydrogen-bond acceptors (Lipinski definition) is 5. The zero-order chi connectivity index (χ0) is 57.1. The van der Waals surface area contributed by atoms with Crippen molar-refractivity contribution in [3.63, 3.8) is 0 Å². The van der Waals surface area contributed by atoms with Gasteiger partial charge >= 0.3 is 5.97 Å². The predicted octanol–water partition coefficient (Wildman–Crippen LogP) is 23.3. The third kappa shape index (κ3) is 65.4. The summed E-state index contributed by atoms with van der Waals surface area (Å²) in [6.45, 7) is 4.96. The fraction of sp³-hybridized carbons (Fsp3) is 0.918. The van der Waals surface area contributed by atoms with Crippen molar-refractivity contribution in [2.45, 2.75) is 418 Å². The van der Waals surface area contributed by atoms with E-state index in [1.165, 1.54) is 321 Å². The quantitative estimate of drug-likeness (QED) is 0.0320. The molecule has 0 aliphatic heterocycles. The number of nitrogens with one attached hydrogen (secondary N) is 1. The Hall–Kier alpha value is -1.66. The van der Waals surface area contributed by atoms with Gasteiger partial charge in [-0.2, -0.15) is 0 Å². The monoisotopic (exact) mass is 1110 g/mol. The Bertz CT molecular complexity index is 1230. The van der Waals surface area contributed by atoms with E-state index in [9.17, 15) is 19.8 Å². The molecule has 0 heterocycles. The Morgan fingerprint density at radius 2 is 0.633 bits per heavy atom. The number of carbonyl (C=O) groups excluding carboxylic acids is 2. The summed E-state index contributed by atoms with van der Waals surface area (Å²) >= 11 is 0. The minimum atomic E-state index is -0.666. The van der Waals surface area contributed by atoms with Crippen molar-refractivity contribution in [3.8, 4) is 0 Å². The van der Waals surface area contributed by atoms with Gasteiger partial charge in [0.2, 0.25) is 5.91 Å². The number of aliphatic hydroxyl groups is 2. The average Bonchev–Trinajstić information content (AvgIpc) is 3.45. The molecule has 0 aliphatic carbocycles. The van der Waals surface area contributed by atoms with Crippen LogP contribution in [-0.2, 0) is 14.3 Å². The maximum Gasteiger partial charge on any atom is 0.305 e. The summed E-state index contributed by atoms with van der Waals surface area (Å²) < 4.78 is 5.50. The molecule has 2 unspecified atom stereocenters. The second-order valence-electron chi connectivity index (χ2n) is 24.9. The molecule has 3 N–H and O–H groups in total. The number of carbonyl (C=O) groups is 2. The van der Waals surface area contributed by atoms with Crippen molar-refractivity contribution >= 4 is 11.9 Å². The highest BCUT2D eigenvalue weighted by Gasteiger charge is 2.20. The first-order chi connectivity index (χ1) is 39.0. The molecule has 6 nitrogen and oxygen atoms in total. The SMILES string of the molecule is CCCCC/C=C\C/C=C\CCCCCCCCCC(=O)OCCCCCCCCCCCCCCCCCCCCCCCCC(=O)NC(CO)C(O)CCCCCCCCCCCCCCCCCCCCCCCCC. The van der Waals surface area contributed by atoms with Gasteiger partial charge in [0.1, 0.15) is 0 Å². The van der Waals surface area contributed by atoms with Gasteiger partial charge in [0.15, 0.2) is 0 Å². The van der Waals surface area contributed by atoms with Gasteiger partial charge in [-0.15, -0.1) is 0 Å². The minimum Gasteiger partial charge on any atom is -0.466 e. The molecule has 0 saturated carbocycles. The molecule has 0 aromatic rings. The first kappa shape index (κ1) is 77.3. The molecule has 468 valence electrons. The van der Waals surface area contributed by atoms with E-state index >= 15 is 0 Å². The average molecular weight is 1110 g/mol. The largest absolute Gasteiger partial charge is 0.466 e. The second kappa shape index (κ2) is 68.8. The summed E-state index contributed by atoms with van der Waals surface area (Å²) in [4.78, 5) is 24.7. The summed E-state index contributed by atoms with van der Waals surface area (Å²) in [6.07, 6.45) is 86.5. The molecule has 2 atom stereocenters. The molecule has 0 spiro atoms. The molecule has 79 heavy (non-hydrogen) atoms. The maximum atomic E-state index is 12.6. The summed E-state index contributed by atoms with van der Waals surface area (Å²) in [7, 11) is 0. The molecular weight excluding hydrogens is 971 g/mol. The van der Waals surface area contributed by atoms with Gasteiger partial charge < -0.3 is 20.3 Å². The first-order valence-corrected chi connectivity index (χ1v) is 36.1. The lowest BCUT2D eigenvalue weighted by atomic mass is 10.0. The highest BCUT2D eigenvalue weighted by molar-refractivity contribution is 5.76. The third-order valence-electron chi connectivity index (χ3n) is 17.0. The van der Waals surface area contributed by atoms with E-state index in [-0.39, 0.29) is 18.5 Å². The lowest BCUT2D eigenvalue weighted by Crippen LogP contribution is -2.45.